The van der Waals surface area contributed by atoms with Gasteiger partial charge in [0.05, 0.1) is 10.7 Å². The number of rotatable bonds is 3. The van der Waals surface area contributed by atoms with E-state index in [2.05, 4.69) is 22.6 Å². The van der Waals surface area contributed by atoms with E-state index in [1.807, 2.05) is 11.3 Å². The van der Waals surface area contributed by atoms with Crippen molar-refractivity contribution in [1.29, 1.82) is 0 Å². The number of aromatic nitrogens is 1. The van der Waals surface area contributed by atoms with Gasteiger partial charge in [0.1, 0.15) is 0 Å². The maximum Gasteiger partial charge on any atom is 0.0943 e. The van der Waals surface area contributed by atoms with Gasteiger partial charge in [-0.1, -0.05) is 0 Å². The zero-order chi connectivity index (χ0) is 12.4. The molecule has 1 aromatic heterocycles. The normalized spacial score (nSPS) is 26.8. The Morgan fingerprint density at radius 1 is 1.39 bits per heavy atom. The minimum absolute atomic E-state index is 0.682. The highest BCUT2D eigenvalue weighted by Gasteiger charge is 2.22. The van der Waals surface area contributed by atoms with Gasteiger partial charge in [-0.05, 0) is 52.4 Å². The van der Waals surface area contributed by atoms with Crippen LogP contribution in [0.2, 0.25) is 0 Å². The lowest BCUT2D eigenvalue weighted by molar-refractivity contribution is 0.253. The SMILES string of the molecule is CN1CCC(c2csc(CC3CCCN3)n2)CC1. The van der Waals surface area contributed by atoms with Gasteiger partial charge >= 0.3 is 0 Å². The van der Waals surface area contributed by atoms with Gasteiger partial charge in [0.25, 0.3) is 0 Å². The van der Waals surface area contributed by atoms with Gasteiger partial charge in [-0.15, -0.1) is 11.3 Å². The molecule has 2 aliphatic heterocycles. The fraction of sp³-hybridized carbons (Fsp3) is 0.786. The standard InChI is InChI=1S/C14H23N3S/c1-17-7-4-11(5-8-17)13-10-18-14(16-13)9-12-3-2-6-15-12/h10-12,15H,2-9H2,1H3. The Bertz CT molecular complexity index is 376. The van der Waals surface area contributed by atoms with Crippen LogP contribution in [0.4, 0.5) is 0 Å². The molecule has 3 heterocycles. The molecular formula is C14H23N3S. The van der Waals surface area contributed by atoms with Crippen LogP contribution < -0.4 is 5.32 Å². The Kier molecular flexibility index (Phi) is 3.97. The van der Waals surface area contributed by atoms with Crippen molar-refractivity contribution in [3.05, 3.63) is 16.1 Å². The van der Waals surface area contributed by atoms with Crippen molar-refractivity contribution in [3.8, 4) is 0 Å². The molecule has 0 aromatic carbocycles. The molecule has 0 bridgehead atoms. The molecule has 2 aliphatic rings. The summed E-state index contributed by atoms with van der Waals surface area (Å²) in [4.78, 5) is 7.31. The molecule has 4 heteroatoms. The quantitative estimate of drug-likeness (QED) is 0.908. The molecule has 3 rings (SSSR count). The van der Waals surface area contributed by atoms with E-state index in [1.165, 1.54) is 56.0 Å². The van der Waals surface area contributed by atoms with Crippen molar-refractivity contribution in [1.82, 2.24) is 15.2 Å². The van der Waals surface area contributed by atoms with Crippen LogP contribution in [0.25, 0.3) is 0 Å². The van der Waals surface area contributed by atoms with Crippen molar-refractivity contribution in [2.24, 2.45) is 0 Å². The molecule has 2 saturated heterocycles. The third-order valence-corrected chi connectivity index (χ3v) is 5.18. The first-order valence-electron chi connectivity index (χ1n) is 7.17. The zero-order valence-electron chi connectivity index (χ0n) is 11.2. The Hall–Kier alpha value is -0.450. The molecule has 100 valence electrons. The number of likely N-dealkylation sites (tertiary alicyclic amines) is 1. The molecule has 1 N–H and O–H groups in total. The fourth-order valence-electron chi connectivity index (χ4n) is 3.05. The van der Waals surface area contributed by atoms with Gasteiger partial charge in [0, 0.05) is 23.8 Å². The van der Waals surface area contributed by atoms with E-state index in [0.717, 1.165) is 6.42 Å². The number of nitrogens with zero attached hydrogens (tertiary/aromatic N) is 2. The van der Waals surface area contributed by atoms with Crippen molar-refractivity contribution in [2.45, 2.75) is 44.1 Å². The predicted octanol–water partition coefficient (Wildman–Crippen LogP) is 2.25. The summed E-state index contributed by atoms with van der Waals surface area (Å²) >= 11 is 1.87. The van der Waals surface area contributed by atoms with E-state index < -0.39 is 0 Å². The summed E-state index contributed by atoms with van der Waals surface area (Å²) in [5, 5.41) is 7.20. The lowest BCUT2D eigenvalue weighted by Crippen LogP contribution is -2.29. The summed E-state index contributed by atoms with van der Waals surface area (Å²) in [6.45, 7) is 3.64. The average Bonchev–Trinajstić information content (AvgIpc) is 3.02. The first-order valence-corrected chi connectivity index (χ1v) is 8.05. The van der Waals surface area contributed by atoms with Crippen molar-refractivity contribution >= 4 is 11.3 Å². The molecule has 0 amide bonds. The maximum absolute atomic E-state index is 4.88. The first kappa shape index (κ1) is 12.6. The Labute approximate surface area is 114 Å². The molecule has 0 aliphatic carbocycles. The van der Waals surface area contributed by atoms with Crippen LogP contribution in [0.5, 0.6) is 0 Å². The van der Waals surface area contributed by atoms with Crippen molar-refractivity contribution in [2.75, 3.05) is 26.7 Å². The summed E-state index contributed by atoms with van der Waals surface area (Å²) in [7, 11) is 2.22. The Morgan fingerprint density at radius 3 is 2.94 bits per heavy atom. The summed E-state index contributed by atoms with van der Waals surface area (Å²) in [5.74, 6) is 0.711. The van der Waals surface area contributed by atoms with Crippen LogP contribution in [0, 0.1) is 0 Å². The Balaban J connectivity index is 1.58. The number of piperidine rings is 1. The zero-order valence-corrected chi connectivity index (χ0v) is 12.0. The van der Waals surface area contributed by atoms with Crippen LogP contribution in [0.15, 0.2) is 5.38 Å². The van der Waals surface area contributed by atoms with Crippen molar-refractivity contribution in [3.63, 3.8) is 0 Å². The average molecular weight is 265 g/mol. The highest BCUT2D eigenvalue weighted by molar-refractivity contribution is 7.09. The molecule has 1 unspecified atom stereocenters. The summed E-state index contributed by atoms with van der Waals surface area (Å²) < 4.78 is 0. The minimum atomic E-state index is 0.682. The van der Waals surface area contributed by atoms with Crippen LogP contribution in [0.1, 0.15) is 42.3 Å². The third kappa shape index (κ3) is 2.92. The highest BCUT2D eigenvalue weighted by Crippen LogP contribution is 2.29. The molecule has 0 spiro atoms. The van der Waals surface area contributed by atoms with Crippen LogP contribution in [-0.2, 0) is 6.42 Å². The second kappa shape index (κ2) is 5.68. The highest BCUT2D eigenvalue weighted by atomic mass is 32.1. The molecule has 1 atom stereocenters. The van der Waals surface area contributed by atoms with Gasteiger partial charge < -0.3 is 10.2 Å². The van der Waals surface area contributed by atoms with E-state index >= 15 is 0 Å². The molecule has 2 fully saturated rings. The molecule has 3 nitrogen and oxygen atoms in total. The third-order valence-electron chi connectivity index (χ3n) is 4.29. The monoisotopic (exact) mass is 265 g/mol. The Morgan fingerprint density at radius 2 is 2.22 bits per heavy atom. The van der Waals surface area contributed by atoms with Gasteiger partial charge in [0.2, 0.25) is 0 Å². The second-order valence-electron chi connectivity index (χ2n) is 5.74. The van der Waals surface area contributed by atoms with Crippen molar-refractivity contribution < 1.29 is 0 Å². The summed E-state index contributed by atoms with van der Waals surface area (Å²) in [6, 6.07) is 0.682. The van der Waals surface area contributed by atoms with Gasteiger partial charge in [0.15, 0.2) is 0 Å². The van der Waals surface area contributed by atoms with Crippen LogP contribution >= 0.6 is 11.3 Å². The topological polar surface area (TPSA) is 28.2 Å². The predicted molar refractivity (Wildman–Crippen MR) is 76.3 cm³/mol. The van der Waals surface area contributed by atoms with Gasteiger partial charge in [-0.25, -0.2) is 4.98 Å². The molecule has 0 radical (unpaired) electrons. The van der Waals surface area contributed by atoms with Crippen LogP contribution in [-0.4, -0.2) is 42.6 Å². The molecule has 1 aromatic rings. The van der Waals surface area contributed by atoms with E-state index in [1.54, 1.807) is 0 Å². The lowest BCUT2D eigenvalue weighted by atomic mass is 9.94. The van der Waals surface area contributed by atoms with E-state index in [0.29, 0.717) is 12.0 Å². The first-order chi connectivity index (χ1) is 8.81. The van der Waals surface area contributed by atoms with Gasteiger partial charge in [-0.2, -0.15) is 0 Å². The number of hydrogen-bond acceptors (Lipinski definition) is 4. The van der Waals surface area contributed by atoms with E-state index in [-0.39, 0.29) is 0 Å². The van der Waals surface area contributed by atoms with Gasteiger partial charge in [-0.3, -0.25) is 0 Å². The number of thiazole rings is 1. The smallest absolute Gasteiger partial charge is 0.0943 e. The molecule has 18 heavy (non-hydrogen) atoms. The number of nitrogens with one attached hydrogen (secondary N) is 1. The minimum Gasteiger partial charge on any atom is -0.314 e. The lowest BCUT2D eigenvalue weighted by Gasteiger charge is -2.27. The summed E-state index contributed by atoms with van der Waals surface area (Å²) in [6.07, 6.45) is 6.35. The fourth-order valence-corrected chi connectivity index (χ4v) is 4.01. The largest absolute Gasteiger partial charge is 0.314 e. The van der Waals surface area contributed by atoms with E-state index in [4.69, 9.17) is 4.98 Å². The maximum atomic E-state index is 4.88. The molecule has 0 saturated carbocycles. The summed E-state index contributed by atoms with van der Waals surface area (Å²) in [5.41, 5.74) is 1.36. The second-order valence-corrected chi connectivity index (χ2v) is 6.68. The van der Waals surface area contributed by atoms with Crippen LogP contribution in [0.3, 0.4) is 0 Å². The number of hydrogen-bond donors (Lipinski definition) is 1. The van der Waals surface area contributed by atoms with E-state index in [9.17, 15) is 0 Å². The molecular weight excluding hydrogens is 242 g/mol.